The molecular weight excluding hydrogens is 380 g/mol. The number of benzene rings is 1. The summed E-state index contributed by atoms with van der Waals surface area (Å²) in [7, 11) is 0. The highest BCUT2D eigenvalue weighted by molar-refractivity contribution is 5.72. The summed E-state index contributed by atoms with van der Waals surface area (Å²) in [6, 6.07) is 6.31. The van der Waals surface area contributed by atoms with Crippen LogP contribution in [0.1, 0.15) is 26.6 Å². The molecule has 1 aliphatic heterocycles. The Labute approximate surface area is 166 Å². The number of carbonyl (C=O) groups excluding carboxylic acids is 1. The van der Waals surface area contributed by atoms with Crippen molar-refractivity contribution in [2.75, 3.05) is 31.1 Å². The molecule has 0 atom stereocenters. The Morgan fingerprint density at radius 2 is 2.00 bits per heavy atom. The molecule has 11 nitrogen and oxygen atoms in total. The number of piperazine rings is 1. The lowest BCUT2D eigenvalue weighted by molar-refractivity contribution is -0.384. The van der Waals surface area contributed by atoms with Crippen LogP contribution < -0.4 is 4.90 Å². The van der Waals surface area contributed by atoms with Crippen LogP contribution in [0, 0.1) is 21.4 Å². The number of nitro benzene ring substituents is 1. The van der Waals surface area contributed by atoms with Crippen LogP contribution in [0.15, 0.2) is 22.7 Å². The maximum atomic E-state index is 12.2. The number of aromatic nitrogens is 2. The Balaban J connectivity index is 1.77. The van der Waals surface area contributed by atoms with Crippen molar-refractivity contribution in [1.82, 2.24) is 15.0 Å². The first-order valence-electron chi connectivity index (χ1n) is 8.93. The molecule has 1 saturated heterocycles. The molecule has 1 amide bonds. The molecule has 3 rings (SSSR count). The minimum atomic E-state index is -0.580. The number of hydrogen-bond donors (Lipinski definition) is 0. The smallest absolute Gasteiger partial charge is 0.410 e. The molecule has 0 saturated carbocycles. The number of ether oxygens (including phenoxy) is 1. The molecule has 0 unspecified atom stereocenters. The van der Waals surface area contributed by atoms with Gasteiger partial charge in [-0.2, -0.15) is 10.2 Å². The molecule has 29 heavy (non-hydrogen) atoms. The van der Waals surface area contributed by atoms with Crippen LogP contribution in [0.3, 0.4) is 0 Å². The SMILES string of the molecule is CC(C)(C)OC(=O)N1CCN(c2ccc(-c3nc(C#N)no3)cc2[N+](=O)[O-])CC1. The van der Waals surface area contributed by atoms with Gasteiger partial charge in [-0.25, -0.2) is 4.79 Å². The normalized spacial score (nSPS) is 14.4. The van der Waals surface area contributed by atoms with E-state index in [1.54, 1.807) is 43.9 Å². The quantitative estimate of drug-likeness (QED) is 0.561. The summed E-state index contributed by atoms with van der Waals surface area (Å²) in [5.74, 6) is -0.115. The second-order valence-electron chi connectivity index (χ2n) is 7.45. The number of amides is 1. The maximum Gasteiger partial charge on any atom is 0.410 e. The summed E-state index contributed by atoms with van der Waals surface area (Å²) < 4.78 is 10.3. The van der Waals surface area contributed by atoms with Gasteiger partial charge in [0, 0.05) is 37.8 Å². The van der Waals surface area contributed by atoms with E-state index < -0.39 is 16.6 Å². The highest BCUT2D eigenvalue weighted by Crippen LogP contribution is 2.33. The van der Waals surface area contributed by atoms with E-state index in [4.69, 9.17) is 14.5 Å². The molecule has 0 N–H and O–H groups in total. The van der Waals surface area contributed by atoms with Crippen LogP contribution in [0.5, 0.6) is 0 Å². The van der Waals surface area contributed by atoms with E-state index in [0.29, 0.717) is 37.4 Å². The number of nitrogens with zero attached hydrogens (tertiary/aromatic N) is 6. The monoisotopic (exact) mass is 400 g/mol. The fraction of sp³-hybridized carbons (Fsp3) is 0.444. The molecule has 1 aromatic carbocycles. The van der Waals surface area contributed by atoms with Crippen molar-refractivity contribution >= 4 is 17.5 Å². The third-order valence-corrected chi connectivity index (χ3v) is 4.22. The van der Waals surface area contributed by atoms with Gasteiger partial charge in [0.25, 0.3) is 17.4 Å². The van der Waals surface area contributed by atoms with Crippen molar-refractivity contribution in [2.24, 2.45) is 0 Å². The molecule has 152 valence electrons. The van der Waals surface area contributed by atoms with E-state index in [9.17, 15) is 14.9 Å². The van der Waals surface area contributed by atoms with Crippen LogP contribution >= 0.6 is 0 Å². The third kappa shape index (κ3) is 4.60. The number of hydrogen-bond acceptors (Lipinski definition) is 9. The van der Waals surface area contributed by atoms with Gasteiger partial charge >= 0.3 is 6.09 Å². The summed E-state index contributed by atoms with van der Waals surface area (Å²) in [6.45, 7) is 7.04. The molecule has 1 aliphatic rings. The molecule has 11 heteroatoms. The number of carbonyl (C=O) groups is 1. The van der Waals surface area contributed by atoms with Gasteiger partial charge in [-0.1, -0.05) is 0 Å². The van der Waals surface area contributed by atoms with Gasteiger partial charge in [-0.15, -0.1) is 0 Å². The Hall–Kier alpha value is -3.68. The fourth-order valence-electron chi connectivity index (χ4n) is 2.91. The number of nitriles is 1. The molecular formula is C18H20N6O5. The van der Waals surface area contributed by atoms with Gasteiger partial charge < -0.3 is 19.1 Å². The van der Waals surface area contributed by atoms with Gasteiger partial charge in [0.2, 0.25) is 0 Å². The summed E-state index contributed by atoms with van der Waals surface area (Å²) in [5, 5.41) is 23.9. The van der Waals surface area contributed by atoms with Crippen molar-refractivity contribution < 1.29 is 19.0 Å². The molecule has 2 heterocycles. The lowest BCUT2D eigenvalue weighted by Crippen LogP contribution is -2.50. The Kier molecular flexibility index (Phi) is 5.36. The first-order chi connectivity index (χ1) is 13.7. The van der Waals surface area contributed by atoms with Crippen molar-refractivity contribution in [3.63, 3.8) is 0 Å². The second kappa shape index (κ2) is 7.75. The fourth-order valence-corrected chi connectivity index (χ4v) is 2.91. The average molecular weight is 400 g/mol. The van der Waals surface area contributed by atoms with Gasteiger partial charge in [-0.3, -0.25) is 10.1 Å². The number of rotatable bonds is 3. The van der Waals surface area contributed by atoms with Crippen LogP contribution in [-0.4, -0.2) is 57.8 Å². The first-order valence-corrected chi connectivity index (χ1v) is 8.93. The Bertz CT molecular complexity index is 966. The lowest BCUT2D eigenvalue weighted by atomic mass is 10.1. The first kappa shape index (κ1) is 20.1. The van der Waals surface area contributed by atoms with Crippen LogP contribution in [0.4, 0.5) is 16.2 Å². The van der Waals surface area contributed by atoms with Gasteiger partial charge in [0.15, 0.2) is 0 Å². The Morgan fingerprint density at radius 3 is 2.55 bits per heavy atom. The minimum Gasteiger partial charge on any atom is -0.444 e. The zero-order chi connectivity index (χ0) is 21.2. The van der Waals surface area contributed by atoms with Crippen LogP contribution in [0.25, 0.3) is 11.5 Å². The average Bonchev–Trinajstić information content (AvgIpc) is 3.15. The van der Waals surface area contributed by atoms with E-state index in [0.717, 1.165) is 0 Å². The summed E-state index contributed by atoms with van der Waals surface area (Å²) >= 11 is 0. The number of nitro groups is 1. The third-order valence-electron chi connectivity index (χ3n) is 4.22. The number of anilines is 1. The Morgan fingerprint density at radius 1 is 1.31 bits per heavy atom. The zero-order valence-electron chi connectivity index (χ0n) is 16.3. The summed E-state index contributed by atoms with van der Waals surface area (Å²) in [5.41, 5.74) is 0.0811. The summed E-state index contributed by atoms with van der Waals surface area (Å²) in [4.78, 5) is 30.6. The molecule has 0 bridgehead atoms. The zero-order valence-corrected chi connectivity index (χ0v) is 16.3. The van der Waals surface area contributed by atoms with Gasteiger partial charge in [0.05, 0.1) is 4.92 Å². The van der Waals surface area contributed by atoms with Crippen LogP contribution in [0.2, 0.25) is 0 Å². The van der Waals surface area contributed by atoms with Crippen LogP contribution in [-0.2, 0) is 4.74 Å². The van der Waals surface area contributed by atoms with Crippen molar-refractivity contribution in [1.29, 1.82) is 5.26 Å². The van der Waals surface area contributed by atoms with Crippen molar-refractivity contribution in [3.05, 3.63) is 34.1 Å². The minimum absolute atomic E-state index is 0.0333. The van der Waals surface area contributed by atoms with E-state index in [-0.39, 0.29) is 17.4 Å². The van der Waals surface area contributed by atoms with Gasteiger partial charge in [0.1, 0.15) is 17.4 Å². The molecule has 0 aliphatic carbocycles. The maximum absolute atomic E-state index is 12.2. The molecule has 2 aromatic rings. The lowest BCUT2D eigenvalue weighted by Gasteiger charge is -2.36. The molecule has 0 radical (unpaired) electrons. The van der Waals surface area contributed by atoms with E-state index in [1.807, 2.05) is 4.90 Å². The topological polar surface area (TPSA) is 139 Å². The molecule has 1 fully saturated rings. The van der Waals surface area contributed by atoms with Crippen molar-refractivity contribution in [3.8, 4) is 17.5 Å². The largest absolute Gasteiger partial charge is 0.444 e. The molecule has 0 spiro atoms. The molecule has 1 aromatic heterocycles. The van der Waals surface area contributed by atoms with E-state index in [2.05, 4.69) is 10.1 Å². The standard InChI is InChI=1S/C18H20N6O5/c1-18(2,3)28-17(25)23-8-6-22(7-9-23)13-5-4-12(10-14(13)24(26)27)16-20-15(11-19)21-29-16/h4-5,10H,6-9H2,1-3H3. The van der Waals surface area contributed by atoms with E-state index in [1.165, 1.54) is 6.07 Å². The van der Waals surface area contributed by atoms with E-state index >= 15 is 0 Å². The predicted octanol–water partition coefficient (Wildman–Crippen LogP) is 2.57. The highest BCUT2D eigenvalue weighted by Gasteiger charge is 2.29. The summed E-state index contributed by atoms with van der Waals surface area (Å²) in [6.07, 6.45) is -0.397. The predicted molar refractivity (Wildman–Crippen MR) is 101 cm³/mol. The second-order valence-corrected chi connectivity index (χ2v) is 7.45. The van der Waals surface area contributed by atoms with Crippen molar-refractivity contribution in [2.45, 2.75) is 26.4 Å². The highest BCUT2D eigenvalue weighted by atomic mass is 16.6. The van der Waals surface area contributed by atoms with Gasteiger partial charge in [-0.05, 0) is 38.1 Å².